The van der Waals surface area contributed by atoms with Gasteiger partial charge >= 0.3 is 0 Å². The van der Waals surface area contributed by atoms with Gasteiger partial charge in [0.05, 0.1) is 0 Å². The van der Waals surface area contributed by atoms with Gasteiger partial charge in [-0.1, -0.05) is 41.0 Å². The molecule has 1 spiro atoms. The molecule has 1 aliphatic carbocycles. The van der Waals surface area contributed by atoms with E-state index in [4.69, 9.17) is 0 Å². The van der Waals surface area contributed by atoms with Crippen LogP contribution in [0.2, 0.25) is 0 Å². The maximum atomic E-state index is 3.65. The molecule has 2 rings (SSSR count). The van der Waals surface area contributed by atoms with Crippen molar-refractivity contribution >= 4 is 0 Å². The first-order chi connectivity index (χ1) is 8.85. The molecule has 1 heterocycles. The summed E-state index contributed by atoms with van der Waals surface area (Å²) in [5, 5.41) is 3.65. The summed E-state index contributed by atoms with van der Waals surface area (Å²) in [5.41, 5.74) is 1.17. The number of hydrogen-bond donors (Lipinski definition) is 1. The van der Waals surface area contributed by atoms with Crippen LogP contribution in [0.3, 0.4) is 0 Å². The first kappa shape index (κ1) is 15.4. The molecule has 2 fully saturated rings. The van der Waals surface area contributed by atoms with Crippen LogP contribution in [-0.2, 0) is 0 Å². The zero-order valence-corrected chi connectivity index (χ0v) is 13.9. The lowest BCUT2D eigenvalue weighted by Crippen LogP contribution is -2.47. The smallest absolute Gasteiger partial charge is 0.00127 e. The molecule has 1 nitrogen and oxygen atoms in total. The Morgan fingerprint density at radius 1 is 1.05 bits per heavy atom. The Labute approximate surface area is 120 Å². The molecule has 3 unspecified atom stereocenters. The van der Waals surface area contributed by atoms with Crippen LogP contribution < -0.4 is 5.32 Å². The van der Waals surface area contributed by atoms with Crippen LogP contribution in [0.15, 0.2) is 0 Å². The van der Waals surface area contributed by atoms with Crippen molar-refractivity contribution < 1.29 is 0 Å². The van der Waals surface area contributed by atoms with Crippen molar-refractivity contribution in [1.82, 2.24) is 5.32 Å². The number of piperidine rings is 1. The molecule has 0 amide bonds. The van der Waals surface area contributed by atoms with E-state index in [2.05, 4.69) is 39.9 Å². The van der Waals surface area contributed by atoms with Gasteiger partial charge < -0.3 is 5.32 Å². The highest BCUT2D eigenvalue weighted by Gasteiger charge is 2.43. The lowest BCUT2D eigenvalue weighted by Gasteiger charge is -2.47. The van der Waals surface area contributed by atoms with Crippen molar-refractivity contribution in [2.75, 3.05) is 13.1 Å². The summed E-state index contributed by atoms with van der Waals surface area (Å²) < 4.78 is 0. The third-order valence-corrected chi connectivity index (χ3v) is 6.20. The minimum Gasteiger partial charge on any atom is -0.316 e. The van der Waals surface area contributed by atoms with Gasteiger partial charge in [0.25, 0.3) is 0 Å². The largest absolute Gasteiger partial charge is 0.316 e. The Morgan fingerprint density at radius 3 is 2.42 bits per heavy atom. The fourth-order valence-electron chi connectivity index (χ4n) is 4.86. The van der Waals surface area contributed by atoms with Crippen molar-refractivity contribution in [3.8, 4) is 0 Å². The van der Waals surface area contributed by atoms with Gasteiger partial charge in [-0.15, -0.1) is 0 Å². The fourth-order valence-corrected chi connectivity index (χ4v) is 4.86. The van der Waals surface area contributed by atoms with E-state index < -0.39 is 0 Å². The summed E-state index contributed by atoms with van der Waals surface area (Å²) in [6, 6.07) is 0. The Balaban J connectivity index is 2.11. The van der Waals surface area contributed by atoms with Crippen LogP contribution in [0.25, 0.3) is 0 Å². The van der Waals surface area contributed by atoms with Crippen LogP contribution in [-0.4, -0.2) is 13.1 Å². The molecule has 1 heteroatoms. The molecule has 0 aromatic heterocycles. The van der Waals surface area contributed by atoms with E-state index in [-0.39, 0.29) is 0 Å². The SMILES string of the molecule is CC(C)C1CNCCC12CCCC(C(C)(C)C)CC2. The van der Waals surface area contributed by atoms with Crippen molar-refractivity contribution in [3.05, 3.63) is 0 Å². The first-order valence-electron chi connectivity index (χ1n) is 8.56. The van der Waals surface area contributed by atoms with Gasteiger partial charge in [0.15, 0.2) is 0 Å². The monoisotopic (exact) mass is 265 g/mol. The Hall–Kier alpha value is -0.0400. The van der Waals surface area contributed by atoms with Gasteiger partial charge in [-0.05, 0) is 73.8 Å². The summed E-state index contributed by atoms with van der Waals surface area (Å²) in [7, 11) is 0. The minimum absolute atomic E-state index is 0.506. The van der Waals surface area contributed by atoms with E-state index in [1.807, 2.05) is 0 Å². The van der Waals surface area contributed by atoms with Gasteiger partial charge in [-0.3, -0.25) is 0 Å². The van der Waals surface area contributed by atoms with Gasteiger partial charge in [-0.2, -0.15) is 0 Å². The first-order valence-corrected chi connectivity index (χ1v) is 8.56. The van der Waals surface area contributed by atoms with Crippen LogP contribution in [0.5, 0.6) is 0 Å². The Bertz CT molecular complexity index is 289. The average Bonchev–Trinajstić information content (AvgIpc) is 2.52. The zero-order valence-electron chi connectivity index (χ0n) is 13.9. The van der Waals surface area contributed by atoms with Crippen molar-refractivity contribution in [2.24, 2.45) is 28.6 Å². The van der Waals surface area contributed by atoms with Crippen LogP contribution in [0, 0.1) is 28.6 Å². The molecule has 0 radical (unpaired) electrons. The second kappa shape index (κ2) is 5.76. The highest BCUT2D eigenvalue weighted by Crippen LogP contribution is 2.51. The number of nitrogens with one attached hydrogen (secondary N) is 1. The van der Waals surface area contributed by atoms with Crippen molar-refractivity contribution in [1.29, 1.82) is 0 Å². The molecule has 1 aliphatic heterocycles. The molecule has 1 saturated heterocycles. The highest BCUT2D eigenvalue weighted by atomic mass is 14.9. The summed E-state index contributed by atoms with van der Waals surface area (Å²) in [5.74, 6) is 2.67. The molecule has 19 heavy (non-hydrogen) atoms. The summed E-state index contributed by atoms with van der Waals surface area (Å²) in [6.45, 7) is 14.7. The van der Waals surface area contributed by atoms with Gasteiger partial charge in [0, 0.05) is 0 Å². The molecule has 0 aromatic carbocycles. The quantitative estimate of drug-likeness (QED) is 0.713. The minimum atomic E-state index is 0.506. The molecular weight excluding hydrogens is 230 g/mol. The molecule has 0 bridgehead atoms. The third-order valence-electron chi connectivity index (χ3n) is 6.20. The van der Waals surface area contributed by atoms with Crippen molar-refractivity contribution in [3.63, 3.8) is 0 Å². The van der Waals surface area contributed by atoms with Crippen LogP contribution in [0.1, 0.15) is 73.1 Å². The summed E-state index contributed by atoms with van der Waals surface area (Å²) in [4.78, 5) is 0. The van der Waals surface area contributed by atoms with E-state index in [9.17, 15) is 0 Å². The predicted octanol–water partition coefficient (Wildman–Crippen LogP) is 4.86. The second-order valence-corrected chi connectivity index (χ2v) is 8.66. The highest BCUT2D eigenvalue weighted by molar-refractivity contribution is 4.95. The van der Waals surface area contributed by atoms with Gasteiger partial charge in [0.2, 0.25) is 0 Å². The van der Waals surface area contributed by atoms with E-state index in [1.165, 1.54) is 51.6 Å². The van der Waals surface area contributed by atoms with Crippen molar-refractivity contribution in [2.45, 2.75) is 73.1 Å². The van der Waals surface area contributed by atoms with E-state index in [0.29, 0.717) is 10.8 Å². The number of rotatable bonds is 1. The molecule has 2 aliphatic rings. The molecule has 112 valence electrons. The molecule has 0 aromatic rings. The lowest BCUT2D eigenvalue weighted by molar-refractivity contribution is 0.0503. The van der Waals surface area contributed by atoms with E-state index >= 15 is 0 Å². The second-order valence-electron chi connectivity index (χ2n) is 8.66. The van der Waals surface area contributed by atoms with Crippen LogP contribution in [0.4, 0.5) is 0 Å². The van der Waals surface area contributed by atoms with Crippen LogP contribution >= 0.6 is 0 Å². The van der Waals surface area contributed by atoms with E-state index in [1.54, 1.807) is 0 Å². The average molecular weight is 265 g/mol. The predicted molar refractivity (Wildman–Crippen MR) is 84.3 cm³/mol. The maximum absolute atomic E-state index is 3.65. The summed E-state index contributed by atoms with van der Waals surface area (Å²) >= 11 is 0. The summed E-state index contributed by atoms with van der Waals surface area (Å²) in [6.07, 6.45) is 8.79. The molecule has 1 N–H and O–H groups in total. The van der Waals surface area contributed by atoms with Gasteiger partial charge in [0.1, 0.15) is 0 Å². The molecular formula is C18H35N. The number of hydrogen-bond acceptors (Lipinski definition) is 1. The maximum Gasteiger partial charge on any atom is -0.00127 e. The third kappa shape index (κ3) is 3.35. The Kier molecular flexibility index (Phi) is 4.65. The normalized spacial score (nSPS) is 37.6. The van der Waals surface area contributed by atoms with E-state index in [0.717, 1.165) is 17.8 Å². The molecule has 3 atom stereocenters. The van der Waals surface area contributed by atoms with Gasteiger partial charge in [-0.25, -0.2) is 0 Å². The Morgan fingerprint density at radius 2 is 1.79 bits per heavy atom. The standard InChI is InChI=1S/C18H35N/c1-14(2)16-13-19-12-11-18(16)9-6-7-15(8-10-18)17(3,4)5/h14-16,19H,6-13H2,1-5H3. The lowest BCUT2D eigenvalue weighted by atomic mass is 9.62. The zero-order chi connectivity index (χ0) is 14.1. The molecule has 1 saturated carbocycles. The topological polar surface area (TPSA) is 12.0 Å². The fraction of sp³-hybridized carbons (Fsp3) is 1.00.